The number of carbonyl (C=O) groups excluding carboxylic acids is 1. The number of amides is 1. The van der Waals surface area contributed by atoms with Crippen molar-refractivity contribution in [3.8, 4) is 0 Å². The molecule has 142 valence electrons. The van der Waals surface area contributed by atoms with Gasteiger partial charge in [0, 0.05) is 56.6 Å². The van der Waals surface area contributed by atoms with E-state index in [1.165, 1.54) is 6.42 Å². The number of ether oxygens (including phenoxy) is 2. The average Bonchev–Trinajstić information content (AvgIpc) is 2.75. The Morgan fingerprint density at radius 3 is 2.46 bits per heavy atom. The third-order valence-electron chi connectivity index (χ3n) is 5.72. The molecular weight excluding hydrogens is 330 g/mol. The summed E-state index contributed by atoms with van der Waals surface area (Å²) >= 11 is 0. The summed E-state index contributed by atoms with van der Waals surface area (Å²) in [6, 6.07) is 8.56. The number of nitrogens with zero attached hydrogens (tertiary/aromatic N) is 3. The zero-order chi connectivity index (χ0) is 17.8. The van der Waals surface area contributed by atoms with E-state index < -0.39 is 0 Å². The Bertz CT molecular complexity index is 612. The van der Waals surface area contributed by atoms with Crippen LogP contribution in [0.1, 0.15) is 23.2 Å². The summed E-state index contributed by atoms with van der Waals surface area (Å²) in [6.07, 6.45) is 2.26. The summed E-state index contributed by atoms with van der Waals surface area (Å²) in [7, 11) is 0. The quantitative estimate of drug-likeness (QED) is 0.818. The number of rotatable bonds is 3. The molecule has 6 nitrogen and oxygen atoms in total. The van der Waals surface area contributed by atoms with E-state index in [1.54, 1.807) is 0 Å². The van der Waals surface area contributed by atoms with E-state index in [0.717, 1.165) is 83.4 Å². The SMILES string of the molecule is O=C(c1cccc(N2CCOCC2)c1)N1CCC[C@@H](N2CCOCC2)C1. The molecule has 3 heterocycles. The van der Waals surface area contributed by atoms with Gasteiger partial charge in [-0.15, -0.1) is 0 Å². The van der Waals surface area contributed by atoms with Gasteiger partial charge in [0.05, 0.1) is 26.4 Å². The standard InChI is InChI=1S/C20H29N3O3/c24-20(17-3-1-4-18(15-17)21-7-11-25-12-8-21)23-6-2-5-19(16-23)22-9-13-26-14-10-22/h1,3-4,15,19H,2,5-14,16H2/t19-/m1/s1. The highest BCUT2D eigenvalue weighted by Gasteiger charge is 2.29. The maximum absolute atomic E-state index is 13.1. The van der Waals surface area contributed by atoms with E-state index in [0.29, 0.717) is 6.04 Å². The molecule has 3 saturated heterocycles. The summed E-state index contributed by atoms with van der Waals surface area (Å²) in [5.41, 5.74) is 1.93. The van der Waals surface area contributed by atoms with E-state index in [9.17, 15) is 4.79 Å². The first kappa shape index (κ1) is 17.8. The van der Waals surface area contributed by atoms with Crippen LogP contribution < -0.4 is 4.90 Å². The van der Waals surface area contributed by atoms with Gasteiger partial charge in [-0.1, -0.05) is 6.07 Å². The topological polar surface area (TPSA) is 45.2 Å². The van der Waals surface area contributed by atoms with Crippen molar-refractivity contribution in [3.63, 3.8) is 0 Å². The molecular formula is C20H29N3O3. The highest BCUT2D eigenvalue weighted by atomic mass is 16.5. The summed E-state index contributed by atoms with van der Waals surface area (Å²) in [4.78, 5) is 19.9. The van der Waals surface area contributed by atoms with Crippen LogP contribution in [0.2, 0.25) is 0 Å². The Hall–Kier alpha value is -1.63. The first-order chi connectivity index (χ1) is 12.8. The molecule has 0 spiro atoms. The van der Waals surface area contributed by atoms with E-state index in [2.05, 4.69) is 15.9 Å². The van der Waals surface area contributed by atoms with Gasteiger partial charge in [0.1, 0.15) is 0 Å². The van der Waals surface area contributed by atoms with Crippen molar-refractivity contribution in [3.05, 3.63) is 29.8 Å². The Morgan fingerprint density at radius 2 is 1.69 bits per heavy atom. The molecule has 0 aliphatic carbocycles. The van der Waals surface area contributed by atoms with Crippen LogP contribution in [0.3, 0.4) is 0 Å². The van der Waals surface area contributed by atoms with Crippen molar-refractivity contribution in [1.29, 1.82) is 0 Å². The lowest BCUT2D eigenvalue weighted by Gasteiger charge is -2.41. The highest BCUT2D eigenvalue weighted by molar-refractivity contribution is 5.95. The lowest BCUT2D eigenvalue weighted by Crippen LogP contribution is -2.52. The fourth-order valence-electron chi connectivity index (χ4n) is 4.22. The van der Waals surface area contributed by atoms with Crippen molar-refractivity contribution < 1.29 is 14.3 Å². The van der Waals surface area contributed by atoms with Crippen molar-refractivity contribution in [2.24, 2.45) is 0 Å². The fourth-order valence-corrected chi connectivity index (χ4v) is 4.22. The van der Waals surface area contributed by atoms with Gasteiger partial charge < -0.3 is 19.3 Å². The van der Waals surface area contributed by atoms with Crippen LogP contribution in [-0.4, -0.2) is 87.4 Å². The molecule has 3 fully saturated rings. The predicted octanol–water partition coefficient (Wildman–Crippen LogP) is 1.46. The van der Waals surface area contributed by atoms with Gasteiger partial charge in [-0.3, -0.25) is 9.69 Å². The molecule has 1 aromatic rings. The zero-order valence-corrected chi connectivity index (χ0v) is 15.4. The molecule has 1 atom stereocenters. The molecule has 0 bridgehead atoms. The summed E-state index contributed by atoms with van der Waals surface area (Å²) in [5, 5.41) is 0. The lowest BCUT2D eigenvalue weighted by atomic mass is 10.0. The molecule has 4 rings (SSSR count). The van der Waals surface area contributed by atoms with Crippen LogP contribution in [0.25, 0.3) is 0 Å². The van der Waals surface area contributed by atoms with Crippen molar-refractivity contribution in [2.75, 3.05) is 70.6 Å². The molecule has 0 radical (unpaired) electrons. The first-order valence-electron chi connectivity index (χ1n) is 9.85. The average molecular weight is 359 g/mol. The molecule has 1 aromatic carbocycles. The Balaban J connectivity index is 1.43. The molecule has 0 unspecified atom stereocenters. The number of piperidine rings is 1. The van der Waals surface area contributed by atoms with Gasteiger partial charge in [-0.05, 0) is 31.0 Å². The van der Waals surface area contributed by atoms with Gasteiger partial charge >= 0.3 is 0 Å². The van der Waals surface area contributed by atoms with Crippen LogP contribution in [0, 0.1) is 0 Å². The van der Waals surface area contributed by atoms with Gasteiger partial charge in [0.2, 0.25) is 0 Å². The van der Waals surface area contributed by atoms with Crippen LogP contribution in [0.15, 0.2) is 24.3 Å². The third kappa shape index (κ3) is 4.03. The number of hydrogen-bond donors (Lipinski definition) is 0. The smallest absolute Gasteiger partial charge is 0.253 e. The molecule has 3 aliphatic rings. The number of benzene rings is 1. The number of carbonyl (C=O) groups is 1. The Morgan fingerprint density at radius 1 is 0.962 bits per heavy atom. The van der Waals surface area contributed by atoms with Gasteiger partial charge in [-0.25, -0.2) is 0 Å². The minimum absolute atomic E-state index is 0.165. The molecule has 0 saturated carbocycles. The maximum Gasteiger partial charge on any atom is 0.253 e. The Kier molecular flexibility index (Phi) is 5.72. The lowest BCUT2D eigenvalue weighted by molar-refractivity contribution is -0.00120. The molecule has 26 heavy (non-hydrogen) atoms. The minimum atomic E-state index is 0.165. The predicted molar refractivity (Wildman–Crippen MR) is 101 cm³/mol. The molecule has 6 heteroatoms. The maximum atomic E-state index is 13.1. The number of morpholine rings is 2. The number of likely N-dealkylation sites (tertiary alicyclic amines) is 1. The summed E-state index contributed by atoms with van der Waals surface area (Å²) < 4.78 is 10.9. The summed E-state index contributed by atoms with van der Waals surface area (Å²) in [6.45, 7) is 8.58. The van der Waals surface area contributed by atoms with Crippen LogP contribution in [-0.2, 0) is 9.47 Å². The second kappa shape index (κ2) is 8.37. The highest BCUT2D eigenvalue weighted by Crippen LogP contribution is 2.22. The minimum Gasteiger partial charge on any atom is -0.379 e. The zero-order valence-electron chi connectivity index (χ0n) is 15.4. The van der Waals surface area contributed by atoms with Gasteiger partial charge in [0.25, 0.3) is 5.91 Å². The van der Waals surface area contributed by atoms with E-state index in [-0.39, 0.29) is 5.91 Å². The molecule has 1 amide bonds. The molecule has 0 aromatic heterocycles. The van der Waals surface area contributed by atoms with E-state index >= 15 is 0 Å². The normalized spacial score (nSPS) is 25.3. The van der Waals surface area contributed by atoms with Crippen molar-refractivity contribution >= 4 is 11.6 Å². The Labute approximate surface area is 155 Å². The van der Waals surface area contributed by atoms with Crippen LogP contribution in [0.4, 0.5) is 5.69 Å². The van der Waals surface area contributed by atoms with E-state index in [1.807, 2.05) is 23.1 Å². The van der Waals surface area contributed by atoms with Gasteiger partial charge in [-0.2, -0.15) is 0 Å². The summed E-state index contributed by atoms with van der Waals surface area (Å²) in [5.74, 6) is 0.165. The largest absolute Gasteiger partial charge is 0.379 e. The number of hydrogen-bond acceptors (Lipinski definition) is 5. The molecule has 3 aliphatic heterocycles. The van der Waals surface area contributed by atoms with Gasteiger partial charge in [0.15, 0.2) is 0 Å². The van der Waals surface area contributed by atoms with E-state index in [4.69, 9.17) is 9.47 Å². The first-order valence-corrected chi connectivity index (χ1v) is 9.85. The van der Waals surface area contributed by atoms with Crippen molar-refractivity contribution in [2.45, 2.75) is 18.9 Å². The fraction of sp³-hybridized carbons (Fsp3) is 0.650. The van der Waals surface area contributed by atoms with Crippen molar-refractivity contribution in [1.82, 2.24) is 9.80 Å². The second-order valence-corrected chi connectivity index (χ2v) is 7.35. The second-order valence-electron chi connectivity index (χ2n) is 7.35. The molecule has 0 N–H and O–H groups in total. The number of anilines is 1. The third-order valence-corrected chi connectivity index (χ3v) is 5.72. The monoisotopic (exact) mass is 359 g/mol. The van der Waals surface area contributed by atoms with Crippen LogP contribution in [0.5, 0.6) is 0 Å². The van der Waals surface area contributed by atoms with Crippen LogP contribution >= 0.6 is 0 Å².